The highest BCUT2D eigenvalue weighted by Gasteiger charge is 2.27. The van der Waals surface area contributed by atoms with Crippen molar-refractivity contribution in [1.82, 2.24) is 19.9 Å². The lowest BCUT2D eigenvalue weighted by Crippen LogP contribution is -2.44. The number of amides is 1. The van der Waals surface area contributed by atoms with E-state index in [1.807, 2.05) is 20.8 Å². The molecular weight excluding hydrogens is 306 g/mol. The number of benzene rings is 1. The van der Waals surface area contributed by atoms with Crippen LogP contribution in [0.15, 0.2) is 30.5 Å². The van der Waals surface area contributed by atoms with E-state index in [1.54, 1.807) is 41.2 Å². The number of carboxylic acid groups (broad SMARTS) is 1. The highest BCUT2D eigenvalue weighted by Crippen LogP contribution is 2.17. The molecule has 0 atom stereocenters. The Kier molecular flexibility index (Phi) is 4.86. The number of hydrogen-bond donors (Lipinski definition) is 1. The molecule has 0 saturated heterocycles. The van der Waals surface area contributed by atoms with Gasteiger partial charge in [0.25, 0.3) is 0 Å². The maximum Gasteiger partial charge on any atom is 0.408 e. The van der Waals surface area contributed by atoms with E-state index in [-0.39, 0.29) is 6.54 Å². The van der Waals surface area contributed by atoms with Gasteiger partial charge >= 0.3 is 6.09 Å². The van der Waals surface area contributed by atoms with Crippen LogP contribution in [0.1, 0.15) is 32.0 Å². The molecule has 0 bridgehead atoms. The summed E-state index contributed by atoms with van der Waals surface area (Å²) in [4.78, 5) is 12.7. The van der Waals surface area contributed by atoms with Gasteiger partial charge in [0.2, 0.25) is 0 Å². The molecule has 0 unspecified atom stereocenters. The van der Waals surface area contributed by atoms with E-state index in [2.05, 4.69) is 22.2 Å². The molecule has 24 heavy (non-hydrogen) atoms. The van der Waals surface area contributed by atoms with Crippen molar-refractivity contribution in [3.63, 3.8) is 0 Å². The van der Waals surface area contributed by atoms with Gasteiger partial charge in [-0.2, -0.15) is 5.26 Å². The van der Waals surface area contributed by atoms with E-state index in [4.69, 9.17) is 5.26 Å². The van der Waals surface area contributed by atoms with Gasteiger partial charge in [0.1, 0.15) is 5.69 Å². The van der Waals surface area contributed by atoms with Crippen LogP contribution in [0, 0.1) is 23.2 Å². The molecule has 0 aliphatic carbocycles. The Balaban J connectivity index is 2.18. The summed E-state index contributed by atoms with van der Waals surface area (Å²) in [5.74, 6) is 5.04. The minimum absolute atomic E-state index is 0.157. The second kappa shape index (κ2) is 6.84. The summed E-state index contributed by atoms with van der Waals surface area (Å²) >= 11 is 0. The van der Waals surface area contributed by atoms with E-state index < -0.39 is 11.6 Å². The molecule has 0 aliphatic heterocycles. The van der Waals surface area contributed by atoms with Crippen molar-refractivity contribution in [3.05, 3.63) is 41.7 Å². The summed E-state index contributed by atoms with van der Waals surface area (Å²) < 4.78 is 1.57. The second-order valence-corrected chi connectivity index (χ2v) is 6.10. The van der Waals surface area contributed by atoms with Crippen molar-refractivity contribution in [1.29, 1.82) is 5.26 Å². The number of nitriles is 1. The molecule has 0 saturated carbocycles. The third kappa shape index (κ3) is 4.11. The second-order valence-electron chi connectivity index (χ2n) is 6.10. The van der Waals surface area contributed by atoms with Gasteiger partial charge in [-0.05, 0) is 45.0 Å². The number of aromatic nitrogens is 3. The lowest BCUT2D eigenvalue weighted by Gasteiger charge is -2.32. The number of rotatable bonds is 3. The predicted octanol–water partition coefficient (Wildman–Crippen LogP) is 2.42. The Hall–Kier alpha value is -3.32. The fraction of sp³-hybridized carbons (Fsp3) is 0.294. The molecule has 7 nitrogen and oxygen atoms in total. The highest BCUT2D eigenvalue weighted by molar-refractivity contribution is 5.65. The Labute approximate surface area is 140 Å². The largest absolute Gasteiger partial charge is 0.465 e. The van der Waals surface area contributed by atoms with Crippen molar-refractivity contribution in [2.45, 2.75) is 32.9 Å². The Bertz CT molecular complexity index is 829. The van der Waals surface area contributed by atoms with E-state index in [0.717, 1.165) is 11.3 Å². The van der Waals surface area contributed by atoms with Gasteiger partial charge in [-0.25, -0.2) is 9.48 Å². The maximum absolute atomic E-state index is 11.4. The van der Waals surface area contributed by atoms with Crippen LogP contribution in [0.25, 0.3) is 5.69 Å². The minimum Gasteiger partial charge on any atom is -0.465 e. The molecule has 2 rings (SSSR count). The molecule has 2 aromatic rings. The van der Waals surface area contributed by atoms with E-state index in [0.29, 0.717) is 5.69 Å². The van der Waals surface area contributed by atoms with Gasteiger partial charge in [0.05, 0.1) is 18.4 Å². The first-order chi connectivity index (χ1) is 11.3. The van der Waals surface area contributed by atoms with Crippen LogP contribution >= 0.6 is 0 Å². The normalized spacial score (nSPS) is 10.4. The molecule has 0 fully saturated rings. The molecule has 1 aromatic carbocycles. The van der Waals surface area contributed by atoms with Crippen LogP contribution < -0.4 is 0 Å². The fourth-order valence-corrected chi connectivity index (χ4v) is 2.05. The standard InChI is InChI=1S/C17H17N5O2/c1-17(2,3)21(16(23)24)11-14-12-22(20-19-14)15-8-6-13(7-9-15)5-4-10-18/h6-9,12H,11H2,1-3H3,(H,23,24). The van der Waals surface area contributed by atoms with Crippen molar-refractivity contribution in [3.8, 4) is 23.6 Å². The van der Waals surface area contributed by atoms with Crippen LogP contribution in [-0.2, 0) is 6.54 Å². The lowest BCUT2D eigenvalue weighted by atomic mass is 10.1. The molecule has 1 amide bonds. The Morgan fingerprint density at radius 1 is 1.33 bits per heavy atom. The Morgan fingerprint density at radius 3 is 2.54 bits per heavy atom. The number of carbonyl (C=O) groups is 1. The van der Waals surface area contributed by atoms with Crippen molar-refractivity contribution < 1.29 is 9.90 Å². The van der Waals surface area contributed by atoms with Gasteiger partial charge in [0, 0.05) is 17.0 Å². The first kappa shape index (κ1) is 17.0. The first-order valence-corrected chi connectivity index (χ1v) is 7.23. The summed E-state index contributed by atoms with van der Waals surface area (Å²) in [5.41, 5.74) is 1.52. The van der Waals surface area contributed by atoms with Gasteiger partial charge < -0.3 is 5.11 Å². The summed E-state index contributed by atoms with van der Waals surface area (Å²) in [6.45, 7) is 5.64. The van der Waals surface area contributed by atoms with Crippen LogP contribution in [0.5, 0.6) is 0 Å². The zero-order valence-corrected chi connectivity index (χ0v) is 13.7. The monoisotopic (exact) mass is 323 g/mol. The summed E-state index contributed by atoms with van der Waals surface area (Å²) in [5, 5.41) is 25.8. The van der Waals surface area contributed by atoms with Crippen LogP contribution in [0.2, 0.25) is 0 Å². The average molecular weight is 323 g/mol. The van der Waals surface area contributed by atoms with Gasteiger partial charge in [-0.1, -0.05) is 11.1 Å². The topological polar surface area (TPSA) is 95.0 Å². The van der Waals surface area contributed by atoms with E-state index in [9.17, 15) is 9.90 Å². The van der Waals surface area contributed by atoms with Crippen LogP contribution in [0.3, 0.4) is 0 Å². The average Bonchev–Trinajstić information content (AvgIpc) is 2.98. The molecule has 0 spiro atoms. The lowest BCUT2D eigenvalue weighted by molar-refractivity contribution is 0.0947. The molecule has 7 heteroatoms. The molecule has 122 valence electrons. The van der Waals surface area contributed by atoms with E-state index in [1.165, 1.54) is 4.90 Å². The Morgan fingerprint density at radius 2 is 2.00 bits per heavy atom. The molecule has 0 aliphatic rings. The van der Waals surface area contributed by atoms with Crippen LogP contribution in [0.4, 0.5) is 4.79 Å². The third-order valence-electron chi connectivity index (χ3n) is 3.30. The van der Waals surface area contributed by atoms with E-state index >= 15 is 0 Å². The minimum atomic E-state index is -1.00. The van der Waals surface area contributed by atoms with Crippen LogP contribution in [-0.4, -0.2) is 36.6 Å². The third-order valence-corrected chi connectivity index (χ3v) is 3.30. The smallest absolute Gasteiger partial charge is 0.408 e. The summed E-state index contributed by atoms with van der Waals surface area (Å²) in [6, 6.07) is 8.93. The molecule has 1 heterocycles. The van der Waals surface area contributed by atoms with Gasteiger partial charge in [-0.15, -0.1) is 5.10 Å². The zero-order valence-electron chi connectivity index (χ0n) is 13.7. The number of nitrogens with zero attached hydrogens (tertiary/aromatic N) is 5. The van der Waals surface area contributed by atoms with Crippen molar-refractivity contribution >= 4 is 6.09 Å². The molecule has 1 aromatic heterocycles. The van der Waals surface area contributed by atoms with Gasteiger partial charge in [0.15, 0.2) is 6.07 Å². The predicted molar refractivity (Wildman–Crippen MR) is 87.2 cm³/mol. The van der Waals surface area contributed by atoms with Crippen molar-refractivity contribution in [2.24, 2.45) is 0 Å². The summed E-state index contributed by atoms with van der Waals surface area (Å²) in [7, 11) is 0. The molecule has 1 N–H and O–H groups in total. The highest BCUT2D eigenvalue weighted by atomic mass is 16.4. The fourth-order valence-electron chi connectivity index (χ4n) is 2.05. The van der Waals surface area contributed by atoms with Crippen molar-refractivity contribution in [2.75, 3.05) is 0 Å². The first-order valence-electron chi connectivity index (χ1n) is 7.23. The van der Waals surface area contributed by atoms with Gasteiger partial charge in [-0.3, -0.25) is 4.90 Å². The quantitative estimate of drug-likeness (QED) is 0.875. The number of hydrogen-bond acceptors (Lipinski definition) is 4. The summed E-state index contributed by atoms with van der Waals surface area (Å²) in [6.07, 6.45) is 0.690. The molecular formula is C17H17N5O2. The SMILES string of the molecule is CC(C)(C)N(Cc1cn(-c2ccc(C#CC#N)cc2)nn1)C(=O)O. The zero-order chi connectivity index (χ0) is 17.7. The molecule has 0 radical (unpaired) electrons. The maximum atomic E-state index is 11.4.